The van der Waals surface area contributed by atoms with Gasteiger partial charge in [0.15, 0.2) is 0 Å². The highest BCUT2D eigenvalue weighted by Crippen LogP contribution is 2.40. The summed E-state index contributed by atoms with van der Waals surface area (Å²) in [6.45, 7) is 0. The third kappa shape index (κ3) is 6.59. The minimum atomic E-state index is 1.13. The first-order chi connectivity index (χ1) is 31.2. The van der Waals surface area contributed by atoms with Gasteiger partial charge in [-0.1, -0.05) is 206 Å². The topological polar surface area (TPSA) is 4.93 Å². The van der Waals surface area contributed by atoms with Crippen LogP contribution in [-0.2, 0) is 0 Å². The maximum absolute atomic E-state index is 2.46. The Labute approximate surface area is 367 Å². The number of nitrogens with zero attached hydrogens (tertiary/aromatic N) is 1. The van der Waals surface area contributed by atoms with Crippen molar-refractivity contribution in [1.29, 1.82) is 0 Å². The summed E-state index contributed by atoms with van der Waals surface area (Å²) in [7, 11) is 0. The number of hydrogen-bond donors (Lipinski definition) is 0. The minimum absolute atomic E-state index is 1.13. The predicted molar refractivity (Wildman–Crippen MR) is 268 cm³/mol. The monoisotopic (exact) mass is 799 g/mol. The molecule has 1 aromatic heterocycles. The lowest BCUT2D eigenvalue weighted by Crippen LogP contribution is -1.96. The molecule has 11 aromatic carbocycles. The third-order valence-electron chi connectivity index (χ3n) is 12.8. The molecule has 12 rings (SSSR count). The molecule has 0 radical (unpaired) electrons. The van der Waals surface area contributed by atoms with E-state index in [0.29, 0.717) is 0 Å². The molecule has 0 aliphatic carbocycles. The molecule has 0 N–H and O–H groups in total. The van der Waals surface area contributed by atoms with Crippen LogP contribution in [0.2, 0.25) is 0 Å². The quantitative estimate of drug-likeness (QED) is 0.151. The summed E-state index contributed by atoms with van der Waals surface area (Å²) >= 11 is 0. The molecule has 0 amide bonds. The molecule has 0 spiro atoms. The summed E-state index contributed by atoms with van der Waals surface area (Å²) in [5.74, 6) is 0. The van der Waals surface area contributed by atoms with Gasteiger partial charge in [0.2, 0.25) is 0 Å². The van der Waals surface area contributed by atoms with E-state index in [4.69, 9.17) is 0 Å². The second-order valence-corrected chi connectivity index (χ2v) is 16.5. The standard InChI is InChI=1S/C62H41N/c1-3-13-42(14-4-1)52-37-53(43-15-5-2-6-16-43)39-54(38-52)63-61-35-33-50(44-25-29-48(30-26-44)57-23-11-19-46-17-7-9-21-55(46)57)40-59(61)60-41-51(34-36-62(60)63)45-27-31-49(32-28-45)58-24-12-20-47-18-8-10-22-56(47)58/h1-41H. The normalized spacial score (nSPS) is 11.5. The number of aromatic nitrogens is 1. The molecular weight excluding hydrogens is 759 g/mol. The zero-order valence-electron chi connectivity index (χ0n) is 34.6. The average Bonchev–Trinajstić information content (AvgIpc) is 3.69. The fourth-order valence-electron chi connectivity index (χ4n) is 9.63. The summed E-state index contributed by atoms with van der Waals surface area (Å²) in [6.07, 6.45) is 0. The molecule has 0 fully saturated rings. The van der Waals surface area contributed by atoms with Crippen LogP contribution in [0.25, 0.3) is 116 Å². The third-order valence-corrected chi connectivity index (χ3v) is 12.8. The van der Waals surface area contributed by atoms with Crippen molar-refractivity contribution >= 4 is 43.4 Å². The Morgan fingerprint density at radius 3 is 1.03 bits per heavy atom. The molecular formula is C62H41N. The summed E-state index contributed by atoms with van der Waals surface area (Å²) in [4.78, 5) is 0. The van der Waals surface area contributed by atoms with E-state index in [9.17, 15) is 0 Å². The molecule has 294 valence electrons. The van der Waals surface area contributed by atoms with Crippen molar-refractivity contribution in [3.05, 3.63) is 249 Å². The fourth-order valence-corrected chi connectivity index (χ4v) is 9.63. The Morgan fingerprint density at radius 1 is 0.206 bits per heavy atom. The van der Waals surface area contributed by atoms with Crippen molar-refractivity contribution in [1.82, 2.24) is 4.57 Å². The Kier molecular flexibility index (Phi) is 8.90. The van der Waals surface area contributed by atoms with E-state index in [-0.39, 0.29) is 0 Å². The lowest BCUT2D eigenvalue weighted by molar-refractivity contribution is 1.18. The van der Waals surface area contributed by atoms with E-state index in [1.807, 2.05) is 0 Å². The van der Waals surface area contributed by atoms with Crippen LogP contribution in [0.3, 0.4) is 0 Å². The van der Waals surface area contributed by atoms with Gasteiger partial charge in [-0.15, -0.1) is 0 Å². The van der Waals surface area contributed by atoms with E-state index in [2.05, 4.69) is 253 Å². The second kappa shape index (κ2) is 15.3. The van der Waals surface area contributed by atoms with Gasteiger partial charge in [-0.05, 0) is 131 Å². The van der Waals surface area contributed by atoms with Crippen molar-refractivity contribution < 1.29 is 0 Å². The lowest BCUT2D eigenvalue weighted by atomic mass is 9.95. The maximum atomic E-state index is 2.46. The molecule has 1 heterocycles. The number of rotatable bonds is 7. The Bertz CT molecular complexity index is 3390. The number of hydrogen-bond acceptors (Lipinski definition) is 0. The Hall–Kier alpha value is -8.26. The summed E-state index contributed by atoms with van der Waals surface area (Å²) in [5.41, 5.74) is 18.0. The minimum Gasteiger partial charge on any atom is -0.309 e. The summed E-state index contributed by atoms with van der Waals surface area (Å²) in [5, 5.41) is 7.50. The van der Waals surface area contributed by atoms with E-state index in [1.54, 1.807) is 0 Å². The SMILES string of the molecule is c1ccc(-c2cc(-c3ccccc3)cc(-n3c4ccc(-c5ccc(-c6cccc7ccccc67)cc5)cc4c4cc(-c5ccc(-c6cccc7ccccc67)cc5)ccc43)c2)cc1. The van der Waals surface area contributed by atoms with Gasteiger partial charge < -0.3 is 4.57 Å². The van der Waals surface area contributed by atoms with Crippen LogP contribution in [0.15, 0.2) is 249 Å². The van der Waals surface area contributed by atoms with E-state index in [1.165, 1.54) is 110 Å². The van der Waals surface area contributed by atoms with Crippen LogP contribution in [0.5, 0.6) is 0 Å². The van der Waals surface area contributed by atoms with Gasteiger partial charge in [0.05, 0.1) is 11.0 Å². The van der Waals surface area contributed by atoms with Gasteiger partial charge in [0.25, 0.3) is 0 Å². The van der Waals surface area contributed by atoms with Crippen molar-refractivity contribution in [3.63, 3.8) is 0 Å². The van der Waals surface area contributed by atoms with Gasteiger partial charge >= 0.3 is 0 Å². The molecule has 12 aromatic rings. The molecule has 0 unspecified atom stereocenters. The van der Waals surface area contributed by atoms with Crippen LogP contribution in [-0.4, -0.2) is 4.57 Å². The lowest BCUT2D eigenvalue weighted by Gasteiger charge is -2.14. The summed E-state index contributed by atoms with van der Waals surface area (Å²) in [6, 6.07) is 91.1. The van der Waals surface area contributed by atoms with Gasteiger partial charge in [-0.2, -0.15) is 0 Å². The van der Waals surface area contributed by atoms with Crippen LogP contribution >= 0.6 is 0 Å². The first kappa shape index (κ1) is 36.6. The smallest absolute Gasteiger partial charge is 0.0541 e. The Morgan fingerprint density at radius 2 is 0.571 bits per heavy atom. The van der Waals surface area contributed by atoms with Crippen molar-refractivity contribution in [2.75, 3.05) is 0 Å². The molecule has 0 aliphatic heterocycles. The predicted octanol–water partition coefficient (Wildman–Crippen LogP) is 17.1. The van der Waals surface area contributed by atoms with Crippen molar-refractivity contribution in [2.24, 2.45) is 0 Å². The molecule has 0 atom stereocenters. The van der Waals surface area contributed by atoms with Crippen LogP contribution in [0.4, 0.5) is 0 Å². The Balaban J connectivity index is 1.02. The molecule has 1 heteroatoms. The molecule has 0 saturated carbocycles. The first-order valence-electron chi connectivity index (χ1n) is 21.7. The van der Waals surface area contributed by atoms with Crippen LogP contribution < -0.4 is 0 Å². The van der Waals surface area contributed by atoms with Crippen LogP contribution in [0, 0.1) is 0 Å². The highest BCUT2D eigenvalue weighted by molar-refractivity contribution is 6.12. The molecule has 63 heavy (non-hydrogen) atoms. The first-order valence-corrected chi connectivity index (χ1v) is 21.7. The molecule has 0 bridgehead atoms. The zero-order valence-corrected chi connectivity index (χ0v) is 34.6. The largest absolute Gasteiger partial charge is 0.309 e. The number of fused-ring (bicyclic) bond motifs is 5. The second-order valence-electron chi connectivity index (χ2n) is 16.5. The highest BCUT2D eigenvalue weighted by Gasteiger charge is 2.17. The van der Waals surface area contributed by atoms with Crippen LogP contribution in [0.1, 0.15) is 0 Å². The van der Waals surface area contributed by atoms with Crippen molar-refractivity contribution in [3.8, 4) is 72.4 Å². The number of benzene rings is 11. The van der Waals surface area contributed by atoms with Gasteiger partial charge in [-0.25, -0.2) is 0 Å². The molecule has 0 saturated heterocycles. The van der Waals surface area contributed by atoms with Crippen molar-refractivity contribution in [2.45, 2.75) is 0 Å². The molecule has 0 aliphatic rings. The highest BCUT2D eigenvalue weighted by atomic mass is 15.0. The fraction of sp³-hybridized carbons (Fsp3) is 0. The zero-order chi connectivity index (χ0) is 41.7. The van der Waals surface area contributed by atoms with Gasteiger partial charge in [0, 0.05) is 16.5 Å². The summed E-state index contributed by atoms with van der Waals surface area (Å²) < 4.78 is 2.46. The molecule has 1 nitrogen and oxygen atoms in total. The maximum Gasteiger partial charge on any atom is 0.0541 e. The van der Waals surface area contributed by atoms with E-state index < -0.39 is 0 Å². The van der Waals surface area contributed by atoms with Gasteiger partial charge in [-0.3, -0.25) is 0 Å². The average molecular weight is 800 g/mol. The van der Waals surface area contributed by atoms with E-state index in [0.717, 1.165) is 5.69 Å². The van der Waals surface area contributed by atoms with Gasteiger partial charge in [0.1, 0.15) is 0 Å². The van der Waals surface area contributed by atoms with E-state index >= 15 is 0 Å².